The van der Waals surface area contributed by atoms with Gasteiger partial charge in [-0.1, -0.05) is 19.9 Å². The second-order valence-electron chi connectivity index (χ2n) is 6.10. The molecule has 1 aliphatic heterocycles. The Balaban J connectivity index is 2.21. The van der Waals surface area contributed by atoms with Gasteiger partial charge < -0.3 is 10.0 Å². The fourth-order valence-corrected chi connectivity index (χ4v) is 2.95. The van der Waals surface area contributed by atoms with Crippen LogP contribution in [0.2, 0.25) is 0 Å². The second kappa shape index (κ2) is 6.89. The van der Waals surface area contributed by atoms with Crippen LogP contribution in [-0.2, 0) is 0 Å². The van der Waals surface area contributed by atoms with Crippen LogP contribution in [0.1, 0.15) is 44.6 Å². The fourth-order valence-electron chi connectivity index (χ4n) is 2.95. The number of hydrogen-bond acceptors (Lipinski definition) is 4. The van der Waals surface area contributed by atoms with Crippen molar-refractivity contribution in [2.45, 2.75) is 39.0 Å². The summed E-state index contributed by atoms with van der Waals surface area (Å²) in [4.78, 5) is 13.1. The van der Waals surface area contributed by atoms with Crippen LogP contribution in [-0.4, -0.2) is 29.7 Å². The lowest BCUT2D eigenvalue weighted by molar-refractivity contribution is -0.384. The van der Waals surface area contributed by atoms with E-state index in [1.165, 1.54) is 0 Å². The van der Waals surface area contributed by atoms with Gasteiger partial charge in [-0.3, -0.25) is 10.1 Å². The molecule has 0 saturated carbocycles. The molecule has 1 N–H and O–H groups in total. The molecule has 0 radical (unpaired) electrons. The van der Waals surface area contributed by atoms with Crippen LogP contribution in [0.3, 0.4) is 0 Å². The first kappa shape index (κ1) is 15.8. The largest absolute Gasteiger partial charge is 0.396 e. The molecule has 5 heteroatoms. The molecule has 1 heterocycles. The molecule has 1 saturated heterocycles. The smallest absolute Gasteiger partial charge is 0.292 e. The first-order valence-electron chi connectivity index (χ1n) is 7.67. The van der Waals surface area contributed by atoms with Crippen molar-refractivity contribution >= 4 is 11.4 Å². The summed E-state index contributed by atoms with van der Waals surface area (Å²) >= 11 is 0. The van der Waals surface area contributed by atoms with Crippen LogP contribution < -0.4 is 4.90 Å². The highest BCUT2D eigenvalue weighted by molar-refractivity contribution is 5.65. The van der Waals surface area contributed by atoms with Crippen molar-refractivity contribution in [3.05, 3.63) is 33.9 Å². The maximum atomic E-state index is 11.3. The van der Waals surface area contributed by atoms with Gasteiger partial charge in [0.05, 0.1) is 4.92 Å². The molecule has 1 aliphatic rings. The zero-order chi connectivity index (χ0) is 15.4. The molecule has 0 unspecified atom stereocenters. The van der Waals surface area contributed by atoms with Gasteiger partial charge in [0, 0.05) is 25.8 Å². The quantitative estimate of drug-likeness (QED) is 0.668. The zero-order valence-electron chi connectivity index (χ0n) is 12.8. The van der Waals surface area contributed by atoms with Crippen molar-refractivity contribution in [3.8, 4) is 0 Å². The van der Waals surface area contributed by atoms with Gasteiger partial charge in [0.1, 0.15) is 5.69 Å². The van der Waals surface area contributed by atoms with Gasteiger partial charge in [0.15, 0.2) is 0 Å². The molecule has 1 fully saturated rings. The van der Waals surface area contributed by atoms with Gasteiger partial charge in [-0.25, -0.2) is 0 Å². The molecule has 0 aromatic heterocycles. The summed E-state index contributed by atoms with van der Waals surface area (Å²) in [5.41, 5.74) is 2.07. The van der Waals surface area contributed by atoms with E-state index in [0.717, 1.165) is 43.6 Å². The van der Waals surface area contributed by atoms with Gasteiger partial charge in [0.2, 0.25) is 0 Å². The van der Waals surface area contributed by atoms with E-state index < -0.39 is 0 Å². The summed E-state index contributed by atoms with van der Waals surface area (Å²) in [5, 5.41) is 20.3. The number of anilines is 1. The Kier molecular flexibility index (Phi) is 5.17. The van der Waals surface area contributed by atoms with Gasteiger partial charge in [-0.15, -0.1) is 0 Å². The lowest BCUT2D eigenvalue weighted by atomic mass is 9.93. The van der Waals surface area contributed by atoms with E-state index in [4.69, 9.17) is 5.11 Å². The predicted molar refractivity (Wildman–Crippen MR) is 83.8 cm³/mol. The van der Waals surface area contributed by atoms with Crippen molar-refractivity contribution in [1.82, 2.24) is 0 Å². The average molecular weight is 292 g/mol. The van der Waals surface area contributed by atoms with Crippen LogP contribution >= 0.6 is 0 Å². The summed E-state index contributed by atoms with van der Waals surface area (Å²) in [5.74, 6) is 0.898. The van der Waals surface area contributed by atoms with E-state index in [-0.39, 0.29) is 17.2 Å². The number of aliphatic hydroxyl groups is 1. The van der Waals surface area contributed by atoms with Crippen molar-refractivity contribution in [2.24, 2.45) is 5.92 Å². The monoisotopic (exact) mass is 292 g/mol. The molecule has 1 aromatic carbocycles. The van der Waals surface area contributed by atoms with E-state index in [1.54, 1.807) is 6.07 Å². The van der Waals surface area contributed by atoms with E-state index >= 15 is 0 Å². The van der Waals surface area contributed by atoms with Crippen molar-refractivity contribution in [1.29, 1.82) is 0 Å². The lowest BCUT2D eigenvalue weighted by Gasteiger charge is -2.33. The maximum Gasteiger partial charge on any atom is 0.292 e. The summed E-state index contributed by atoms with van der Waals surface area (Å²) < 4.78 is 0. The van der Waals surface area contributed by atoms with Gasteiger partial charge in [-0.2, -0.15) is 0 Å². The van der Waals surface area contributed by atoms with E-state index in [9.17, 15) is 10.1 Å². The first-order valence-corrected chi connectivity index (χ1v) is 7.67. The lowest BCUT2D eigenvalue weighted by Crippen LogP contribution is -2.34. The molecule has 0 atom stereocenters. The highest BCUT2D eigenvalue weighted by Gasteiger charge is 2.25. The molecule has 5 nitrogen and oxygen atoms in total. The predicted octanol–water partition coefficient (Wildman–Crippen LogP) is 3.32. The Hall–Kier alpha value is -1.62. The van der Waals surface area contributed by atoms with Crippen LogP contribution in [0.4, 0.5) is 11.4 Å². The fraction of sp³-hybridized carbons (Fsp3) is 0.625. The molecule has 21 heavy (non-hydrogen) atoms. The first-order chi connectivity index (χ1) is 10.0. The van der Waals surface area contributed by atoms with E-state index in [1.807, 2.05) is 12.1 Å². The Bertz CT molecular complexity index is 494. The number of benzene rings is 1. The molecular formula is C16H24N2O3. The summed E-state index contributed by atoms with van der Waals surface area (Å²) in [6.07, 6.45) is 2.81. The molecule has 0 amide bonds. The number of aliphatic hydroxyl groups excluding tert-OH is 1. The van der Waals surface area contributed by atoms with Crippen molar-refractivity contribution in [2.75, 3.05) is 24.6 Å². The minimum atomic E-state index is -0.292. The standard InChI is InChI=1S/C16H24N2O3/c1-12(2)14-3-4-15(18(20)21)16(11-14)17-8-5-13(6-9-17)7-10-19/h3-4,11-13,19H,5-10H2,1-2H3. The van der Waals surface area contributed by atoms with Crippen LogP contribution in [0, 0.1) is 16.0 Å². The topological polar surface area (TPSA) is 66.6 Å². The Morgan fingerprint density at radius 2 is 2.05 bits per heavy atom. The Morgan fingerprint density at radius 3 is 2.57 bits per heavy atom. The molecule has 116 valence electrons. The summed E-state index contributed by atoms with van der Waals surface area (Å²) in [6, 6.07) is 5.45. The third-order valence-electron chi connectivity index (χ3n) is 4.36. The normalized spacial score (nSPS) is 16.5. The third kappa shape index (κ3) is 3.73. The zero-order valence-corrected chi connectivity index (χ0v) is 12.8. The van der Waals surface area contributed by atoms with Crippen molar-refractivity contribution in [3.63, 3.8) is 0 Å². The number of nitro groups is 1. The molecule has 0 aliphatic carbocycles. The van der Waals surface area contributed by atoms with E-state index in [2.05, 4.69) is 18.7 Å². The van der Waals surface area contributed by atoms with Crippen LogP contribution in [0.15, 0.2) is 18.2 Å². The van der Waals surface area contributed by atoms with Gasteiger partial charge >= 0.3 is 0 Å². The summed E-state index contributed by atoms with van der Waals surface area (Å²) in [7, 11) is 0. The highest BCUT2D eigenvalue weighted by Crippen LogP contribution is 2.34. The molecule has 1 aromatic rings. The number of hydrogen-bond donors (Lipinski definition) is 1. The maximum absolute atomic E-state index is 11.3. The Labute approximate surface area is 125 Å². The van der Waals surface area contributed by atoms with Crippen LogP contribution in [0.25, 0.3) is 0 Å². The van der Waals surface area contributed by atoms with Gasteiger partial charge in [0.25, 0.3) is 5.69 Å². The second-order valence-corrected chi connectivity index (χ2v) is 6.10. The number of nitrogens with zero attached hydrogens (tertiary/aromatic N) is 2. The van der Waals surface area contributed by atoms with E-state index in [0.29, 0.717) is 11.8 Å². The highest BCUT2D eigenvalue weighted by atomic mass is 16.6. The minimum absolute atomic E-state index is 0.194. The Morgan fingerprint density at radius 1 is 1.38 bits per heavy atom. The SMILES string of the molecule is CC(C)c1ccc([N+](=O)[O-])c(N2CCC(CCO)CC2)c1. The van der Waals surface area contributed by atoms with Crippen molar-refractivity contribution < 1.29 is 10.0 Å². The molecule has 2 rings (SSSR count). The van der Waals surface area contributed by atoms with Gasteiger partial charge in [-0.05, 0) is 42.7 Å². The number of nitro benzene ring substituents is 1. The average Bonchev–Trinajstić information content (AvgIpc) is 2.47. The minimum Gasteiger partial charge on any atom is -0.396 e. The molecular weight excluding hydrogens is 268 g/mol. The van der Waals surface area contributed by atoms with Crippen LogP contribution in [0.5, 0.6) is 0 Å². The summed E-state index contributed by atoms with van der Waals surface area (Å²) in [6.45, 7) is 6.07. The molecule has 0 bridgehead atoms. The number of rotatable bonds is 5. The third-order valence-corrected chi connectivity index (χ3v) is 4.36. The number of piperidine rings is 1. The molecule has 0 spiro atoms.